The summed E-state index contributed by atoms with van der Waals surface area (Å²) >= 11 is 6.12. The van der Waals surface area contributed by atoms with E-state index in [-0.39, 0.29) is 11.3 Å². The van der Waals surface area contributed by atoms with Crippen molar-refractivity contribution in [1.29, 1.82) is 0 Å². The van der Waals surface area contributed by atoms with Gasteiger partial charge in [0.05, 0.1) is 0 Å². The second-order valence-corrected chi connectivity index (χ2v) is 4.56. The van der Waals surface area contributed by atoms with Gasteiger partial charge in [-0.3, -0.25) is 0 Å². The molecule has 0 aromatic heterocycles. The van der Waals surface area contributed by atoms with Gasteiger partial charge >= 0.3 is 0 Å². The summed E-state index contributed by atoms with van der Waals surface area (Å²) in [7, 11) is 0. The van der Waals surface area contributed by atoms with Crippen LogP contribution in [0.15, 0.2) is 6.07 Å². The molecule has 3 N–H and O–H groups in total. The maximum atomic E-state index is 9.83. The molecule has 1 fully saturated rings. The molecule has 1 aromatic rings. The van der Waals surface area contributed by atoms with Gasteiger partial charge in [-0.25, -0.2) is 0 Å². The highest BCUT2D eigenvalue weighted by atomic mass is 35.5. The predicted octanol–water partition coefficient (Wildman–Crippen LogP) is 2.61. The van der Waals surface area contributed by atoms with Crippen LogP contribution in [-0.2, 0) is 5.54 Å². The van der Waals surface area contributed by atoms with Crippen molar-refractivity contribution in [1.82, 2.24) is 0 Å². The van der Waals surface area contributed by atoms with Gasteiger partial charge in [0.25, 0.3) is 0 Å². The maximum absolute atomic E-state index is 9.83. The van der Waals surface area contributed by atoms with Crippen LogP contribution >= 0.6 is 11.6 Å². The Morgan fingerprint density at radius 3 is 2.50 bits per heavy atom. The van der Waals surface area contributed by atoms with E-state index < -0.39 is 0 Å². The van der Waals surface area contributed by atoms with Gasteiger partial charge in [-0.2, -0.15) is 0 Å². The fourth-order valence-electron chi connectivity index (χ4n) is 1.95. The van der Waals surface area contributed by atoms with Crippen LogP contribution in [0.1, 0.15) is 29.5 Å². The van der Waals surface area contributed by atoms with Crippen LogP contribution in [0.4, 0.5) is 0 Å². The van der Waals surface area contributed by atoms with Gasteiger partial charge < -0.3 is 10.8 Å². The average molecular weight is 212 g/mol. The zero-order chi connectivity index (χ0) is 10.5. The number of hydrogen-bond acceptors (Lipinski definition) is 2. The quantitative estimate of drug-likeness (QED) is 0.750. The Balaban J connectivity index is 2.65. The lowest BCUT2D eigenvalue weighted by Gasteiger charge is -2.17. The van der Waals surface area contributed by atoms with Crippen LogP contribution in [0.2, 0.25) is 5.02 Å². The number of nitrogens with two attached hydrogens (primary N) is 1. The number of phenols is 1. The Kier molecular flexibility index (Phi) is 2.02. The molecule has 0 aliphatic heterocycles. The van der Waals surface area contributed by atoms with Crippen molar-refractivity contribution in [3.63, 3.8) is 0 Å². The molecule has 0 spiro atoms. The number of rotatable bonds is 1. The lowest BCUT2D eigenvalue weighted by molar-refractivity contribution is 0.458. The fraction of sp³-hybridized carbons (Fsp3) is 0.455. The Morgan fingerprint density at radius 1 is 1.43 bits per heavy atom. The van der Waals surface area contributed by atoms with Crippen LogP contribution in [0.3, 0.4) is 0 Å². The number of halogens is 1. The zero-order valence-electron chi connectivity index (χ0n) is 8.39. The first-order valence-electron chi connectivity index (χ1n) is 4.74. The zero-order valence-corrected chi connectivity index (χ0v) is 9.15. The molecule has 3 heteroatoms. The number of benzene rings is 1. The molecular formula is C11H14ClNO. The van der Waals surface area contributed by atoms with E-state index in [0.717, 1.165) is 34.6 Å². The monoisotopic (exact) mass is 211 g/mol. The normalized spacial score (nSPS) is 18.3. The summed E-state index contributed by atoms with van der Waals surface area (Å²) in [6, 6.07) is 1.69. The third kappa shape index (κ3) is 1.30. The second kappa shape index (κ2) is 2.88. The molecule has 2 nitrogen and oxygen atoms in total. The van der Waals surface area contributed by atoms with Gasteiger partial charge in [-0.05, 0) is 43.9 Å². The molecule has 0 radical (unpaired) electrons. The molecular weight excluding hydrogens is 198 g/mol. The van der Waals surface area contributed by atoms with Gasteiger partial charge in [-0.1, -0.05) is 11.6 Å². The van der Waals surface area contributed by atoms with Gasteiger partial charge in [0.15, 0.2) is 0 Å². The summed E-state index contributed by atoms with van der Waals surface area (Å²) in [4.78, 5) is 0. The predicted molar refractivity (Wildman–Crippen MR) is 57.7 cm³/mol. The summed E-state index contributed by atoms with van der Waals surface area (Å²) in [5.41, 5.74) is 8.39. The standard InChI is InChI=1S/C11H14ClNO/c1-6-5-8(14)9(7(2)10(6)12)11(13)3-4-11/h5,14H,3-4,13H2,1-2H3. The van der Waals surface area contributed by atoms with E-state index in [1.165, 1.54) is 0 Å². The lowest BCUT2D eigenvalue weighted by Crippen LogP contribution is -2.20. The van der Waals surface area contributed by atoms with E-state index in [2.05, 4.69) is 0 Å². The van der Waals surface area contributed by atoms with E-state index >= 15 is 0 Å². The number of hydrogen-bond donors (Lipinski definition) is 2. The van der Waals surface area contributed by atoms with Crippen molar-refractivity contribution in [2.45, 2.75) is 32.2 Å². The molecule has 2 rings (SSSR count). The van der Waals surface area contributed by atoms with Gasteiger partial charge in [0.1, 0.15) is 5.75 Å². The van der Waals surface area contributed by atoms with Gasteiger partial charge in [0, 0.05) is 16.1 Å². The number of phenolic OH excluding ortho intramolecular Hbond substituents is 1. The van der Waals surface area contributed by atoms with Crippen molar-refractivity contribution in [2.24, 2.45) is 5.73 Å². The van der Waals surface area contributed by atoms with Gasteiger partial charge in [0.2, 0.25) is 0 Å². The molecule has 0 amide bonds. The van der Waals surface area contributed by atoms with E-state index in [1.54, 1.807) is 6.07 Å². The van der Waals surface area contributed by atoms with E-state index in [4.69, 9.17) is 17.3 Å². The van der Waals surface area contributed by atoms with Crippen LogP contribution < -0.4 is 5.73 Å². The number of aromatic hydroxyl groups is 1. The first-order chi connectivity index (χ1) is 6.46. The highest BCUT2D eigenvalue weighted by Crippen LogP contribution is 2.49. The van der Waals surface area contributed by atoms with E-state index in [0.29, 0.717) is 0 Å². The van der Waals surface area contributed by atoms with Crippen molar-refractivity contribution >= 4 is 11.6 Å². The summed E-state index contributed by atoms with van der Waals surface area (Å²) in [6.45, 7) is 3.80. The SMILES string of the molecule is Cc1cc(O)c(C2(N)CC2)c(C)c1Cl. The Morgan fingerprint density at radius 2 is 2.00 bits per heavy atom. The minimum Gasteiger partial charge on any atom is -0.508 e. The number of aryl methyl sites for hydroxylation is 1. The summed E-state index contributed by atoms with van der Waals surface area (Å²) in [5.74, 6) is 0.282. The second-order valence-electron chi connectivity index (χ2n) is 4.18. The van der Waals surface area contributed by atoms with Gasteiger partial charge in [-0.15, -0.1) is 0 Å². The Labute approximate surface area is 88.7 Å². The molecule has 1 aromatic carbocycles. The minimum absolute atomic E-state index is 0.282. The summed E-state index contributed by atoms with van der Waals surface area (Å²) in [6.07, 6.45) is 1.86. The van der Waals surface area contributed by atoms with E-state index in [9.17, 15) is 5.11 Å². The smallest absolute Gasteiger partial charge is 0.121 e. The van der Waals surface area contributed by atoms with Crippen LogP contribution in [-0.4, -0.2) is 5.11 Å². The minimum atomic E-state index is -0.328. The molecule has 0 bridgehead atoms. The largest absolute Gasteiger partial charge is 0.508 e. The first-order valence-corrected chi connectivity index (χ1v) is 5.11. The Hall–Kier alpha value is -0.730. The highest BCUT2D eigenvalue weighted by Gasteiger charge is 2.43. The molecule has 14 heavy (non-hydrogen) atoms. The molecule has 76 valence electrons. The van der Waals surface area contributed by atoms with Crippen LogP contribution in [0.5, 0.6) is 5.75 Å². The maximum Gasteiger partial charge on any atom is 0.121 e. The van der Waals surface area contributed by atoms with E-state index in [1.807, 2.05) is 13.8 Å². The third-order valence-electron chi connectivity index (χ3n) is 2.95. The topological polar surface area (TPSA) is 46.2 Å². The fourth-order valence-corrected chi connectivity index (χ4v) is 2.10. The lowest BCUT2D eigenvalue weighted by atomic mass is 9.96. The van der Waals surface area contributed by atoms with Crippen molar-refractivity contribution in [3.8, 4) is 5.75 Å². The molecule has 0 unspecified atom stereocenters. The third-order valence-corrected chi connectivity index (χ3v) is 3.53. The van der Waals surface area contributed by atoms with Crippen molar-refractivity contribution < 1.29 is 5.11 Å². The summed E-state index contributed by atoms with van der Waals surface area (Å²) < 4.78 is 0. The summed E-state index contributed by atoms with van der Waals surface area (Å²) in [5, 5.41) is 10.6. The Bertz CT molecular complexity index is 397. The highest BCUT2D eigenvalue weighted by molar-refractivity contribution is 6.32. The molecule has 0 atom stereocenters. The molecule has 1 saturated carbocycles. The molecule has 1 aliphatic carbocycles. The van der Waals surface area contributed by atoms with Crippen LogP contribution in [0.25, 0.3) is 0 Å². The molecule has 0 heterocycles. The van der Waals surface area contributed by atoms with Crippen molar-refractivity contribution in [2.75, 3.05) is 0 Å². The van der Waals surface area contributed by atoms with Crippen LogP contribution in [0, 0.1) is 13.8 Å². The first kappa shape index (κ1) is 9.81. The molecule has 1 aliphatic rings. The van der Waals surface area contributed by atoms with Crippen molar-refractivity contribution in [3.05, 3.63) is 27.8 Å². The molecule has 0 saturated heterocycles. The average Bonchev–Trinajstić information content (AvgIpc) is 2.80.